The number of rotatable bonds is 8. The summed E-state index contributed by atoms with van der Waals surface area (Å²) in [6.45, 7) is 12.9. The summed E-state index contributed by atoms with van der Waals surface area (Å²) >= 11 is 0. The van der Waals surface area contributed by atoms with Crippen LogP contribution < -0.4 is 21.3 Å². The minimum Gasteiger partial charge on any atom is -0.349 e. The molecule has 0 radical (unpaired) electrons. The van der Waals surface area contributed by atoms with Gasteiger partial charge in [0.25, 0.3) is 5.91 Å². The van der Waals surface area contributed by atoms with Crippen LogP contribution in [0.3, 0.4) is 0 Å². The molecule has 5 atom stereocenters. The number of hydrogen-bond acceptors (Lipinski definition) is 7. The van der Waals surface area contributed by atoms with Gasteiger partial charge in [-0.2, -0.15) is 0 Å². The SMILES string of the molecule is CCCNC(=O)C(=O)[C@@H]1CCCCCCCCC[C@H](NC(=O)NC2(CS(=O)(=O)C(C)(C)C)CCCCC2)C(=O)N2C[C@H]3[C@@H]([C@H]2CN1)C3(C)C. The Labute approximate surface area is 295 Å². The molecule has 4 N–H and O–H groups in total. The molecular weight excluding hydrogens is 643 g/mol. The average Bonchev–Trinajstić information content (AvgIpc) is 3.34. The van der Waals surface area contributed by atoms with E-state index in [1.165, 1.54) is 0 Å². The van der Waals surface area contributed by atoms with Crippen LogP contribution in [0.4, 0.5) is 4.79 Å². The van der Waals surface area contributed by atoms with Gasteiger partial charge in [-0.3, -0.25) is 14.4 Å². The summed E-state index contributed by atoms with van der Waals surface area (Å²) in [7, 11) is -3.50. The summed E-state index contributed by atoms with van der Waals surface area (Å²) in [6, 6.07) is -2.00. The standard InChI is InChI=1S/C37H65N5O6S/c1-7-22-38-32(44)31(43)27-18-14-11-9-8-10-12-15-19-28(33(45)42-24-26-30(36(26,5)6)29(42)23-39-27)40-34(46)41-37(20-16-13-17-21-37)25-49(47,48)35(2,3)4/h26-30,39H,7-25H2,1-6H3,(H,38,44)(H2,40,41,46)/t26-,27-,28-,29+,30-/m0/s1. The molecule has 12 heteroatoms. The number of fused-ring (bicyclic) bond motifs is 3. The summed E-state index contributed by atoms with van der Waals surface area (Å²) in [5.41, 5.74) is -0.805. The zero-order valence-corrected chi connectivity index (χ0v) is 31.9. The molecule has 4 aliphatic rings. The molecule has 4 rings (SSSR count). The fourth-order valence-corrected chi connectivity index (χ4v) is 10.1. The zero-order chi connectivity index (χ0) is 36.0. The van der Waals surface area contributed by atoms with Crippen LogP contribution in [0.1, 0.15) is 138 Å². The maximum atomic E-state index is 14.4. The molecule has 0 bridgehead atoms. The molecular formula is C37H65N5O6S. The second kappa shape index (κ2) is 16.4. The van der Waals surface area contributed by atoms with E-state index in [9.17, 15) is 27.6 Å². The number of carbonyl (C=O) groups is 4. The zero-order valence-electron chi connectivity index (χ0n) is 31.1. The van der Waals surface area contributed by atoms with E-state index in [4.69, 9.17) is 0 Å². The maximum Gasteiger partial charge on any atom is 0.315 e. The van der Waals surface area contributed by atoms with Crippen LogP contribution >= 0.6 is 0 Å². The Morgan fingerprint density at radius 1 is 0.918 bits per heavy atom. The molecule has 2 aliphatic heterocycles. The van der Waals surface area contributed by atoms with E-state index >= 15 is 0 Å². The molecule has 280 valence electrons. The van der Waals surface area contributed by atoms with Crippen LogP contribution in [-0.4, -0.2) is 90.7 Å². The third-order valence-corrected chi connectivity index (χ3v) is 14.8. The second-order valence-electron chi connectivity index (χ2n) is 17.0. The number of nitrogens with one attached hydrogen (secondary N) is 4. The summed E-state index contributed by atoms with van der Waals surface area (Å²) in [5.74, 6) is -0.660. The average molecular weight is 708 g/mol. The molecule has 0 unspecified atom stereocenters. The van der Waals surface area contributed by atoms with Crippen LogP contribution in [0.5, 0.6) is 0 Å². The topological polar surface area (TPSA) is 154 Å². The first-order valence-electron chi connectivity index (χ1n) is 19.2. The minimum absolute atomic E-state index is 0.0637. The van der Waals surface area contributed by atoms with Crippen LogP contribution in [0, 0.1) is 17.3 Å². The third kappa shape index (κ3) is 9.77. The highest BCUT2D eigenvalue weighted by atomic mass is 32.2. The van der Waals surface area contributed by atoms with Crippen molar-refractivity contribution in [2.24, 2.45) is 17.3 Å². The first-order chi connectivity index (χ1) is 23.0. The van der Waals surface area contributed by atoms with E-state index in [1.54, 1.807) is 20.8 Å². The monoisotopic (exact) mass is 707 g/mol. The van der Waals surface area contributed by atoms with Crippen LogP contribution in [-0.2, 0) is 24.2 Å². The van der Waals surface area contributed by atoms with Crippen molar-refractivity contribution in [1.29, 1.82) is 0 Å². The minimum atomic E-state index is -3.50. The number of hydrogen-bond donors (Lipinski definition) is 4. The molecule has 49 heavy (non-hydrogen) atoms. The number of ketones is 1. The van der Waals surface area contributed by atoms with Crippen molar-refractivity contribution in [3.8, 4) is 0 Å². The first kappa shape index (κ1) is 39.6. The van der Waals surface area contributed by atoms with Gasteiger partial charge in [0, 0.05) is 25.7 Å². The van der Waals surface area contributed by atoms with Crippen LogP contribution in [0.25, 0.3) is 0 Å². The first-order valence-corrected chi connectivity index (χ1v) is 20.8. The number of Topliss-reactive ketones (excluding diaryl/α,β-unsaturated/α-hetero) is 1. The molecule has 2 saturated carbocycles. The van der Waals surface area contributed by atoms with Crippen LogP contribution in [0.2, 0.25) is 0 Å². The molecule has 0 aromatic rings. The Hall–Kier alpha value is -2.21. The Morgan fingerprint density at radius 3 is 2.12 bits per heavy atom. The number of nitrogens with zero attached hydrogens (tertiary/aromatic N) is 1. The lowest BCUT2D eigenvalue weighted by Gasteiger charge is -2.40. The summed E-state index contributed by atoms with van der Waals surface area (Å²) in [4.78, 5) is 56.1. The van der Waals surface area contributed by atoms with E-state index in [0.29, 0.717) is 51.2 Å². The predicted molar refractivity (Wildman–Crippen MR) is 193 cm³/mol. The van der Waals surface area contributed by atoms with Crippen molar-refractivity contribution in [2.45, 2.75) is 166 Å². The lowest BCUT2D eigenvalue weighted by molar-refractivity contribution is -0.139. The Bertz CT molecular complexity index is 1290. The summed E-state index contributed by atoms with van der Waals surface area (Å²) < 4.78 is 25.7. The van der Waals surface area contributed by atoms with Crippen molar-refractivity contribution in [1.82, 2.24) is 26.2 Å². The highest BCUT2D eigenvalue weighted by molar-refractivity contribution is 7.92. The molecule has 0 spiro atoms. The predicted octanol–water partition coefficient (Wildman–Crippen LogP) is 4.63. The molecule has 0 aromatic carbocycles. The van der Waals surface area contributed by atoms with E-state index in [2.05, 4.69) is 35.1 Å². The largest absolute Gasteiger partial charge is 0.349 e. The van der Waals surface area contributed by atoms with E-state index < -0.39 is 49.9 Å². The normalized spacial score (nSPS) is 29.6. The molecule has 4 amide bonds. The molecule has 11 nitrogen and oxygen atoms in total. The van der Waals surface area contributed by atoms with E-state index in [1.807, 2.05) is 11.8 Å². The molecule has 2 saturated heterocycles. The highest BCUT2D eigenvalue weighted by Crippen LogP contribution is 2.64. The van der Waals surface area contributed by atoms with Gasteiger partial charge >= 0.3 is 6.03 Å². The highest BCUT2D eigenvalue weighted by Gasteiger charge is 2.67. The van der Waals surface area contributed by atoms with Gasteiger partial charge in [-0.15, -0.1) is 0 Å². The molecule has 2 heterocycles. The van der Waals surface area contributed by atoms with Gasteiger partial charge in [0.2, 0.25) is 11.7 Å². The van der Waals surface area contributed by atoms with Crippen molar-refractivity contribution in [3.05, 3.63) is 0 Å². The smallest absolute Gasteiger partial charge is 0.315 e. The molecule has 2 aliphatic carbocycles. The van der Waals surface area contributed by atoms with E-state index in [0.717, 1.165) is 70.6 Å². The van der Waals surface area contributed by atoms with Crippen molar-refractivity contribution >= 4 is 33.5 Å². The molecule has 4 fully saturated rings. The number of urea groups is 1. The van der Waals surface area contributed by atoms with Crippen LogP contribution in [0.15, 0.2) is 0 Å². The van der Waals surface area contributed by atoms with Gasteiger partial charge in [0.1, 0.15) is 6.04 Å². The number of carbonyl (C=O) groups excluding carboxylic acids is 4. The second-order valence-corrected chi connectivity index (χ2v) is 19.8. The third-order valence-electron chi connectivity index (χ3n) is 12.0. The number of amides is 4. The van der Waals surface area contributed by atoms with Gasteiger partial charge in [0.15, 0.2) is 9.84 Å². The van der Waals surface area contributed by atoms with Gasteiger partial charge in [-0.1, -0.05) is 85.0 Å². The van der Waals surface area contributed by atoms with Crippen molar-refractivity contribution < 1.29 is 27.6 Å². The van der Waals surface area contributed by atoms with Crippen molar-refractivity contribution in [2.75, 3.05) is 25.4 Å². The molecule has 0 aromatic heterocycles. The fourth-order valence-electron chi connectivity index (χ4n) is 8.59. The summed E-state index contributed by atoms with van der Waals surface area (Å²) in [6.07, 6.45) is 12.4. The van der Waals surface area contributed by atoms with Gasteiger partial charge in [-0.25, -0.2) is 13.2 Å². The van der Waals surface area contributed by atoms with Gasteiger partial charge < -0.3 is 26.2 Å². The summed E-state index contributed by atoms with van der Waals surface area (Å²) in [5, 5.41) is 12.3. The van der Waals surface area contributed by atoms with Gasteiger partial charge in [-0.05, 0) is 70.1 Å². The lowest BCUT2D eigenvalue weighted by Crippen LogP contribution is -2.61. The van der Waals surface area contributed by atoms with Gasteiger partial charge in [0.05, 0.1) is 22.1 Å². The Balaban J connectivity index is 1.54. The fraction of sp³-hybridized carbons (Fsp3) is 0.892. The Morgan fingerprint density at radius 2 is 1.51 bits per heavy atom. The number of sulfone groups is 1. The quantitative estimate of drug-likeness (QED) is 0.269. The Kier molecular flexibility index (Phi) is 13.3. The maximum absolute atomic E-state index is 14.4. The number of piperidine rings is 1. The lowest BCUT2D eigenvalue weighted by atomic mass is 9.83. The van der Waals surface area contributed by atoms with Crippen molar-refractivity contribution in [3.63, 3.8) is 0 Å². The van der Waals surface area contributed by atoms with E-state index in [-0.39, 0.29) is 29.0 Å².